The summed E-state index contributed by atoms with van der Waals surface area (Å²) < 4.78 is 29.7. The van der Waals surface area contributed by atoms with Crippen LogP contribution in [0, 0.1) is 0 Å². The molecule has 2 aromatic heterocycles. The van der Waals surface area contributed by atoms with E-state index in [4.69, 9.17) is 23.2 Å². The second-order valence-electron chi connectivity index (χ2n) is 6.51. The normalized spacial score (nSPS) is 11.5. The van der Waals surface area contributed by atoms with Crippen molar-refractivity contribution in [3.8, 4) is 5.82 Å². The molecule has 4 aromatic rings. The molecule has 0 spiro atoms. The predicted octanol–water partition coefficient (Wildman–Crippen LogP) is 3.89. The molecule has 0 fully saturated rings. The largest absolute Gasteiger partial charge is 0.354 e. The van der Waals surface area contributed by atoms with E-state index in [0.29, 0.717) is 11.5 Å². The van der Waals surface area contributed by atoms with Gasteiger partial charge in [-0.2, -0.15) is 0 Å². The van der Waals surface area contributed by atoms with Crippen LogP contribution in [0.4, 0.5) is 5.69 Å². The fraction of sp³-hybridized carbons (Fsp3) is 0.0500. The van der Waals surface area contributed by atoms with Crippen LogP contribution in [0.2, 0.25) is 10.0 Å². The van der Waals surface area contributed by atoms with Gasteiger partial charge in [0.2, 0.25) is 0 Å². The smallest absolute Gasteiger partial charge is 0.271 e. The fourth-order valence-corrected chi connectivity index (χ4v) is 4.77. The maximum Gasteiger partial charge on any atom is 0.271 e. The molecule has 8 nitrogen and oxygen atoms in total. The zero-order valence-corrected chi connectivity index (χ0v) is 18.3. The highest BCUT2D eigenvalue weighted by molar-refractivity contribution is 7.92. The monoisotopic (exact) mass is 475 g/mol. The highest BCUT2D eigenvalue weighted by Crippen LogP contribution is 2.27. The van der Waals surface area contributed by atoms with E-state index in [1.165, 1.54) is 37.6 Å². The average molecular weight is 476 g/mol. The summed E-state index contributed by atoms with van der Waals surface area (Å²) in [6.45, 7) is 0. The molecule has 0 unspecified atom stereocenters. The molecule has 0 bridgehead atoms. The summed E-state index contributed by atoms with van der Waals surface area (Å²) in [4.78, 5) is 20.0. The Morgan fingerprint density at radius 1 is 1.00 bits per heavy atom. The number of sulfonamides is 1. The number of halogens is 2. The van der Waals surface area contributed by atoms with Gasteiger partial charge in [-0.3, -0.25) is 14.1 Å². The van der Waals surface area contributed by atoms with Crippen LogP contribution >= 0.6 is 23.2 Å². The van der Waals surface area contributed by atoms with Crippen molar-refractivity contribution in [1.29, 1.82) is 0 Å². The van der Waals surface area contributed by atoms with Gasteiger partial charge >= 0.3 is 0 Å². The second kappa shape index (κ2) is 8.18. The maximum atomic E-state index is 12.7. The van der Waals surface area contributed by atoms with E-state index in [0.717, 1.165) is 10.9 Å². The Morgan fingerprint density at radius 3 is 2.39 bits per heavy atom. The first-order valence-electron chi connectivity index (χ1n) is 8.91. The molecule has 11 heteroatoms. The zero-order valence-electron chi connectivity index (χ0n) is 16.0. The van der Waals surface area contributed by atoms with Crippen molar-refractivity contribution in [2.75, 3.05) is 11.8 Å². The lowest BCUT2D eigenvalue weighted by Crippen LogP contribution is -2.19. The topological polar surface area (TPSA) is 106 Å². The Kier molecular flexibility index (Phi) is 5.57. The molecular weight excluding hydrogens is 461 g/mol. The number of hydrogen-bond acceptors (Lipinski definition) is 5. The number of anilines is 1. The van der Waals surface area contributed by atoms with Crippen molar-refractivity contribution in [2.24, 2.45) is 0 Å². The van der Waals surface area contributed by atoms with Gasteiger partial charge < -0.3 is 5.32 Å². The molecule has 2 heterocycles. The lowest BCUT2D eigenvalue weighted by atomic mass is 10.2. The predicted molar refractivity (Wildman–Crippen MR) is 120 cm³/mol. The number of nitrogens with zero attached hydrogens (tertiary/aromatic N) is 3. The molecule has 0 radical (unpaired) electrons. The Labute approximate surface area is 187 Å². The quantitative estimate of drug-likeness (QED) is 0.455. The first-order chi connectivity index (χ1) is 14.8. The summed E-state index contributed by atoms with van der Waals surface area (Å²) in [7, 11) is -2.36. The third-order valence-electron chi connectivity index (χ3n) is 4.43. The van der Waals surface area contributed by atoms with Crippen molar-refractivity contribution in [1.82, 2.24) is 19.9 Å². The van der Waals surface area contributed by atoms with Gasteiger partial charge in [-0.25, -0.2) is 18.4 Å². The van der Waals surface area contributed by atoms with Crippen molar-refractivity contribution in [2.45, 2.75) is 4.90 Å². The van der Waals surface area contributed by atoms with Crippen LogP contribution in [-0.2, 0) is 10.0 Å². The van der Waals surface area contributed by atoms with E-state index in [1.54, 1.807) is 29.0 Å². The van der Waals surface area contributed by atoms with Crippen LogP contribution in [0.25, 0.3) is 16.7 Å². The van der Waals surface area contributed by atoms with Crippen LogP contribution in [0.5, 0.6) is 0 Å². The van der Waals surface area contributed by atoms with Crippen LogP contribution in [-0.4, -0.2) is 35.9 Å². The molecule has 1 amide bonds. The molecule has 2 N–H and O–H groups in total. The number of benzene rings is 2. The second-order valence-corrected chi connectivity index (χ2v) is 9.06. The Hall–Kier alpha value is -3.14. The fourth-order valence-electron chi connectivity index (χ4n) is 2.99. The molecule has 4 rings (SSSR count). The van der Waals surface area contributed by atoms with Gasteiger partial charge in [0, 0.05) is 34.4 Å². The number of carbonyl (C=O) groups is 1. The van der Waals surface area contributed by atoms with Crippen LogP contribution in [0.3, 0.4) is 0 Å². The van der Waals surface area contributed by atoms with Crippen LogP contribution < -0.4 is 10.0 Å². The van der Waals surface area contributed by atoms with E-state index in [9.17, 15) is 13.2 Å². The van der Waals surface area contributed by atoms with Crippen molar-refractivity contribution < 1.29 is 13.2 Å². The number of rotatable bonds is 5. The Bertz CT molecular complexity index is 1380. The van der Waals surface area contributed by atoms with Crippen molar-refractivity contribution in [3.05, 3.63) is 76.8 Å². The first-order valence-corrected chi connectivity index (χ1v) is 11.2. The first kappa shape index (κ1) is 21.1. The molecule has 0 saturated heterocycles. The van der Waals surface area contributed by atoms with Gasteiger partial charge in [0.25, 0.3) is 15.9 Å². The SMILES string of the molecule is CNC(=O)c1cnc(-n2ccc3cc(NS(=O)(=O)c4cc(Cl)cc(Cl)c4)ccc32)cn1. The van der Waals surface area contributed by atoms with E-state index in [2.05, 4.69) is 20.0 Å². The van der Waals surface area contributed by atoms with Crippen LogP contribution in [0.1, 0.15) is 10.5 Å². The summed E-state index contributed by atoms with van der Waals surface area (Å²) in [6.07, 6.45) is 4.66. The van der Waals surface area contributed by atoms with Gasteiger partial charge in [0.15, 0.2) is 5.82 Å². The number of hydrogen-bond donors (Lipinski definition) is 2. The summed E-state index contributed by atoms with van der Waals surface area (Å²) >= 11 is 11.8. The van der Waals surface area contributed by atoms with Gasteiger partial charge in [-0.1, -0.05) is 23.2 Å². The maximum absolute atomic E-state index is 12.7. The lowest BCUT2D eigenvalue weighted by Gasteiger charge is -2.10. The van der Waals surface area contributed by atoms with Crippen LogP contribution in [0.15, 0.2) is 66.0 Å². The van der Waals surface area contributed by atoms with Crippen molar-refractivity contribution >= 4 is 55.7 Å². The minimum atomic E-state index is -3.87. The summed E-state index contributed by atoms with van der Waals surface area (Å²) in [6, 6.07) is 11.0. The molecule has 31 heavy (non-hydrogen) atoms. The zero-order chi connectivity index (χ0) is 22.2. The molecule has 2 aromatic carbocycles. The summed E-state index contributed by atoms with van der Waals surface area (Å²) in [5.41, 5.74) is 1.37. The van der Waals surface area contributed by atoms with Gasteiger partial charge in [-0.05, 0) is 42.5 Å². The number of nitrogens with one attached hydrogen (secondary N) is 2. The van der Waals surface area contributed by atoms with Gasteiger partial charge in [0.1, 0.15) is 5.69 Å². The third-order valence-corrected chi connectivity index (χ3v) is 6.23. The van der Waals surface area contributed by atoms with Gasteiger partial charge in [0.05, 0.1) is 22.8 Å². The van der Waals surface area contributed by atoms with E-state index in [-0.39, 0.29) is 26.5 Å². The van der Waals surface area contributed by atoms with E-state index < -0.39 is 10.0 Å². The van der Waals surface area contributed by atoms with E-state index in [1.807, 2.05) is 6.07 Å². The van der Waals surface area contributed by atoms with Crippen molar-refractivity contribution in [3.63, 3.8) is 0 Å². The third kappa shape index (κ3) is 4.34. The molecule has 0 saturated carbocycles. The standard InChI is InChI=1S/C20H15Cl2N5O3S/c1-23-20(28)17-10-25-19(11-24-17)27-5-4-12-6-15(2-3-18(12)27)26-31(29,30)16-8-13(21)7-14(22)9-16/h2-11,26H,1H3,(H,23,28). The highest BCUT2D eigenvalue weighted by Gasteiger charge is 2.17. The van der Waals surface area contributed by atoms with Gasteiger partial charge in [-0.15, -0.1) is 0 Å². The lowest BCUT2D eigenvalue weighted by molar-refractivity contribution is 0.0957. The molecular formula is C20H15Cl2N5O3S. The number of fused-ring (bicyclic) bond motifs is 1. The molecule has 0 aliphatic rings. The average Bonchev–Trinajstić information content (AvgIpc) is 3.15. The van der Waals surface area contributed by atoms with E-state index >= 15 is 0 Å². The molecule has 0 aliphatic heterocycles. The minimum absolute atomic E-state index is 0.0332. The Balaban J connectivity index is 1.64. The number of carbonyl (C=O) groups excluding carboxylic acids is 1. The Morgan fingerprint density at radius 2 is 1.74 bits per heavy atom. The molecule has 0 atom stereocenters. The minimum Gasteiger partial charge on any atom is -0.354 e. The summed E-state index contributed by atoms with van der Waals surface area (Å²) in [5.74, 6) is 0.193. The highest BCUT2D eigenvalue weighted by atomic mass is 35.5. The molecule has 158 valence electrons. The number of amides is 1. The number of aromatic nitrogens is 3. The summed E-state index contributed by atoms with van der Waals surface area (Å²) in [5, 5.41) is 3.72. The molecule has 0 aliphatic carbocycles.